The van der Waals surface area contributed by atoms with Crippen LogP contribution < -0.4 is 10.7 Å². The van der Waals surface area contributed by atoms with E-state index in [-0.39, 0.29) is 24.0 Å². The number of aromatic nitrogens is 2. The zero-order chi connectivity index (χ0) is 23.4. The lowest BCUT2D eigenvalue weighted by Crippen LogP contribution is -2.40. The highest BCUT2D eigenvalue weighted by atomic mass is 19.1. The van der Waals surface area contributed by atoms with Crippen LogP contribution in [0.1, 0.15) is 34.2 Å². The number of hydrogen-bond donors (Lipinski definition) is 1. The van der Waals surface area contributed by atoms with Crippen LogP contribution in [0.5, 0.6) is 0 Å². The second kappa shape index (κ2) is 10.1. The molecule has 3 aromatic rings. The SMILES string of the molecule is Cc1cc(=O)c(C(=O)NCc2cccc(CN3CCOC(C)C3)c2)nn1-c1ccccc1F. The van der Waals surface area contributed by atoms with Crippen molar-refractivity contribution in [1.29, 1.82) is 0 Å². The van der Waals surface area contributed by atoms with Gasteiger partial charge in [0.15, 0.2) is 5.69 Å². The summed E-state index contributed by atoms with van der Waals surface area (Å²) in [5.74, 6) is -1.09. The van der Waals surface area contributed by atoms with Gasteiger partial charge in [0.05, 0.1) is 12.7 Å². The van der Waals surface area contributed by atoms with Gasteiger partial charge in [-0.05, 0) is 37.1 Å². The molecule has 1 aromatic heterocycles. The Labute approximate surface area is 191 Å². The number of nitrogens with zero attached hydrogens (tertiary/aromatic N) is 3. The molecular formula is C25H27FN4O3. The van der Waals surface area contributed by atoms with E-state index >= 15 is 0 Å². The summed E-state index contributed by atoms with van der Waals surface area (Å²) < 4.78 is 21.1. The fourth-order valence-electron chi connectivity index (χ4n) is 3.97. The molecule has 1 aliphatic rings. The van der Waals surface area contributed by atoms with Gasteiger partial charge >= 0.3 is 0 Å². The highest BCUT2D eigenvalue weighted by Crippen LogP contribution is 2.14. The van der Waals surface area contributed by atoms with Crippen molar-refractivity contribution in [3.63, 3.8) is 0 Å². The van der Waals surface area contributed by atoms with Crippen LogP contribution in [-0.2, 0) is 17.8 Å². The number of amides is 1. The van der Waals surface area contributed by atoms with E-state index in [1.54, 1.807) is 25.1 Å². The molecule has 1 saturated heterocycles. The summed E-state index contributed by atoms with van der Waals surface area (Å²) in [6, 6.07) is 15.3. The summed E-state index contributed by atoms with van der Waals surface area (Å²) in [6.07, 6.45) is 0.219. The van der Waals surface area contributed by atoms with Crippen LogP contribution in [0, 0.1) is 12.7 Å². The highest BCUT2D eigenvalue weighted by Gasteiger charge is 2.18. The van der Waals surface area contributed by atoms with Gasteiger partial charge in [0, 0.05) is 37.9 Å². The Morgan fingerprint density at radius 3 is 2.76 bits per heavy atom. The second-order valence-electron chi connectivity index (χ2n) is 8.28. The maximum Gasteiger partial charge on any atom is 0.276 e. The molecule has 1 aliphatic heterocycles. The first-order valence-electron chi connectivity index (χ1n) is 11.0. The molecule has 2 heterocycles. The fourth-order valence-corrected chi connectivity index (χ4v) is 3.97. The zero-order valence-corrected chi connectivity index (χ0v) is 18.8. The Hall–Kier alpha value is -3.36. The maximum absolute atomic E-state index is 14.2. The minimum atomic E-state index is -0.600. The molecule has 33 heavy (non-hydrogen) atoms. The van der Waals surface area contributed by atoms with Crippen molar-refractivity contribution in [2.75, 3.05) is 19.7 Å². The van der Waals surface area contributed by atoms with Crippen LogP contribution in [0.4, 0.5) is 4.39 Å². The molecule has 1 amide bonds. The Bertz CT molecular complexity index is 1210. The number of carbonyl (C=O) groups excluding carboxylic acids is 1. The first-order chi connectivity index (χ1) is 15.9. The zero-order valence-electron chi connectivity index (χ0n) is 18.8. The van der Waals surface area contributed by atoms with Crippen LogP contribution in [0.15, 0.2) is 59.4 Å². The number of halogens is 1. The van der Waals surface area contributed by atoms with Crippen molar-refractivity contribution < 1.29 is 13.9 Å². The summed E-state index contributed by atoms with van der Waals surface area (Å²) in [4.78, 5) is 27.5. The van der Waals surface area contributed by atoms with Crippen molar-refractivity contribution in [2.24, 2.45) is 0 Å². The number of nitrogens with one attached hydrogen (secondary N) is 1. The van der Waals surface area contributed by atoms with Gasteiger partial charge in [-0.1, -0.05) is 36.4 Å². The summed E-state index contributed by atoms with van der Waals surface area (Å²) in [6.45, 7) is 7.27. The van der Waals surface area contributed by atoms with Gasteiger partial charge in [-0.3, -0.25) is 14.5 Å². The molecule has 8 heteroatoms. The van der Waals surface area contributed by atoms with Crippen LogP contribution in [0.2, 0.25) is 0 Å². The van der Waals surface area contributed by atoms with E-state index in [9.17, 15) is 14.0 Å². The van der Waals surface area contributed by atoms with E-state index in [4.69, 9.17) is 4.74 Å². The van der Waals surface area contributed by atoms with E-state index in [1.807, 2.05) is 18.2 Å². The summed E-state index contributed by atoms with van der Waals surface area (Å²) in [7, 11) is 0. The van der Waals surface area contributed by atoms with Crippen molar-refractivity contribution in [1.82, 2.24) is 20.0 Å². The van der Waals surface area contributed by atoms with Crippen molar-refractivity contribution in [3.8, 4) is 5.69 Å². The molecule has 0 spiro atoms. The van der Waals surface area contributed by atoms with Gasteiger partial charge in [-0.2, -0.15) is 5.10 Å². The average Bonchev–Trinajstić information content (AvgIpc) is 2.79. The fraction of sp³-hybridized carbons (Fsp3) is 0.320. The third-order valence-corrected chi connectivity index (χ3v) is 5.58. The Balaban J connectivity index is 1.46. The molecule has 172 valence electrons. The van der Waals surface area contributed by atoms with E-state index in [1.165, 1.54) is 16.8 Å². The number of ether oxygens (including phenoxy) is 1. The molecule has 1 N–H and O–H groups in total. The Kier molecular flexibility index (Phi) is 6.96. The second-order valence-corrected chi connectivity index (χ2v) is 8.28. The monoisotopic (exact) mass is 450 g/mol. The van der Waals surface area contributed by atoms with Gasteiger partial charge in [-0.25, -0.2) is 9.07 Å². The third kappa shape index (κ3) is 5.53. The summed E-state index contributed by atoms with van der Waals surface area (Å²) in [5.41, 5.74) is 1.89. The third-order valence-electron chi connectivity index (χ3n) is 5.58. The van der Waals surface area contributed by atoms with E-state index in [2.05, 4.69) is 28.3 Å². The van der Waals surface area contributed by atoms with Crippen LogP contribution in [0.25, 0.3) is 5.69 Å². The Morgan fingerprint density at radius 2 is 1.97 bits per heavy atom. The van der Waals surface area contributed by atoms with Crippen LogP contribution in [0.3, 0.4) is 0 Å². The number of morpholine rings is 1. The number of aryl methyl sites for hydroxylation is 1. The van der Waals surface area contributed by atoms with Gasteiger partial charge in [-0.15, -0.1) is 0 Å². The molecule has 1 fully saturated rings. The molecular weight excluding hydrogens is 423 g/mol. The summed E-state index contributed by atoms with van der Waals surface area (Å²) in [5, 5.41) is 6.92. The maximum atomic E-state index is 14.2. The highest BCUT2D eigenvalue weighted by molar-refractivity contribution is 5.92. The molecule has 4 rings (SSSR count). The molecule has 0 bridgehead atoms. The molecule has 0 saturated carbocycles. The molecule has 2 aromatic carbocycles. The normalized spacial score (nSPS) is 16.5. The quantitative estimate of drug-likeness (QED) is 0.625. The first kappa shape index (κ1) is 22.8. The first-order valence-corrected chi connectivity index (χ1v) is 11.0. The minimum Gasteiger partial charge on any atom is -0.376 e. The van der Waals surface area contributed by atoms with E-state index < -0.39 is 17.2 Å². The van der Waals surface area contributed by atoms with Crippen molar-refractivity contribution in [2.45, 2.75) is 33.0 Å². The smallest absolute Gasteiger partial charge is 0.276 e. The lowest BCUT2D eigenvalue weighted by atomic mass is 10.1. The molecule has 1 atom stereocenters. The number of para-hydroxylation sites is 1. The predicted octanol–water partition coefficient (Wildman–Crippen LogP) is 2.83. The lowest BCUT2D eigenvalue weighted by Gasteiger charge is -2.31. The molecule has 1 unspecified atom stereocenters. The topological polar surface area (TPSA) is 76.5 Å². The van der Waals surface area contributed by atoms with E-state index in [0.29, 0.717) is 5.69 Å². The Morgan fingerprint density at radius 1 is 1.18 bits per heavy atom. The van der Waals surface area contributed by atoms with Crippen LogP contribution in [-0.4, -0.2) is 46.4 Å². The lowest BCUT2D eigenvalue weighted by molar-refractivity contribution is -0.0212. The van der Waals surface area contributed by atoms with Gasteiger partial charge in [0.1, 0.15) is 11.5 Å². The number of benzene rings is 2. The summed E-state index contributed by atoms with van der Waals surface area (Å²) >= 11 is 0. The van der Waals surface area contributed by atoms with Gasteiger partial charge in [0.2, 0.25) is 5.43 Å². The van der Waals surface area contributed by atoms with Gasteiger partial charge in [0.25, 0.3) is 5.91 Å². The minimum absolute atomic E-state index is 0.175. The largest absolute Gasteiger partial charge is 0.376 e. The van der Waals surface area contributed by atoms with E-state index in [0.717, 1.165) is 37.4 Å². The van der Waals surface area contributed by atoms with Crippen LogP contribution >= 0.6 is 0 Å². The molecule has 0 aliphatic carbocycles. The molecule has 0 radical (unpaired) electrons. The molecule has 7 nitrogen and oxygen atoms in total. The van der Waals surface area contributed by atoms with Gasteiger partial charge < -0.3 is 10.1 Å². The van der Waals surface area contributed by atoms with Crippen molar-refractivity contribution >= 4 is 5.91 Å². The number of carbonyl (C=O) groups is 1. The number of rotatable bonds is 6. The van der Waals surface area contributed by atoms with Crippen molar-refractivity contribution in [3.05, 3.63) is 93.2 Å². The average molecular weight is 451 g/mol. The predicted molar refractivity (Wildman–Crippen MR) is 123 cm³/mol. The number of hydrogen-bond acceptors (Lipinski definition) is 5. The standard InChI is InChI=1S/C25H27FN4O3/c1-17-12-23(31)24(28-30(17)22-9-4-3-8-21(22)26)25(32)27-14-19-6-5-7-20(13-19)16-29-10-11-33-18(2)15-29/h3-9,12-13,18H,10-11,14-16H2,1-2H3,(H,27,32).